The Balaban J connectivity index is 2.51. The summed E-state index contributed by atoms with van der Waals surface area (Å²) in [6.07, 6.45) is -0.333. The molecule has 0 N–H and O–H groups in total. The number of carbonyl (C=O) groups is 2. The van der Waals surface area contributed by atoms with Crippen molar-refractivity contribution in [1.29, 1.82) is 0 Å². The zero-order chi connectivity index (χ0) is 19.4. The first-order chi connectivity index (χ1) is 12.6. The van der Waals surface area contributed by atoms with E-state index in [2.05, 4.69) is 19.6 Å². The molecule has 0 saturated heterocycles. The largest absolute Gasteiger partial charge is 0.543 e. The van der Waals surface area contributed by atoms with Crippen LogP contribution in [0.15, 0.2) is 12.1 Å². The number of benzene rings is 1. The highest BCUT2D eigenvalue weighted by Crippen LogP contribution is 2.34. The summed E-state index contributed by atoms with van der Waals surface area (Å²) >= 11 is 0. The molecule has 0 aliphatic heterocycles. The normalized spacial score (nSPS) is 10.0. The molecule has 0 aromatic heterocycles. The van der Waals surface area contributed by atoms with Crippen molar-refractivity contribution in [3.8, 4) is 17.2 Å². The minimum atomic E-state index is -1.18. The van der Waals surface area contributed by atoms with Crippen LogP contribution in [0, 0.1) is 0 Å². The van der Waals surface area contributed by atoms with E-state index in [1.54, 1.807) is 0 Å². The number of carbonyl (C=O) groups excluding carboxylic acids is 2. The maximum Gasteiger partial charge on any atom is 0.543 e. The monoisotopic (exact) mass is 374 g/mol. The SMILES string of the molecule is CCCOCCOC(=O)OOOC(=O)c1cc(OC)c(OC)cc1OC. The first-order valence-electron chi connectivity index (χ1n) is 7.67. The van der Waals surface area contributed by atoms with Gasteiger partial charge in [0.05, 0.1) is 33.0 Å². The van der Waals surface area contributed by atoms with Crippen LogP contribution in [0.4, 0.5) is 4.79 Å². The molecule has 26 heavy (non-hydrogen) atoms. The van der Waals surface area contributed by atoms with Crippen LogP contribution in [0.25, 0.3) is 0 Å². The van der Waals surface area contributed by atoms with Gasteiger partial charge in [0.1, 0.15) is 17.9 Å². The molecule has 0 saturated carbocycles. The molecule has 0 amide bonds. The fourth-order valence-corrected chi connectivity index (χ4v) is 1.76. The highest BCUT2D eigenvalue weighted by atomic mass is 17.5. The number of rotatable bonds is 11. The Labute approximate surface area is 150 Å². The fourth-order valence-electron chi connectivity index (χ4n) is 1.76. The third-order valence-electron chi connectivity index (χ3n) is 2.93. The highest BCUT2D eigenvalue weighted by molar-refractivity contribution is 5.93. The highest BCUT2D eigenvalue weighted by Gasteiger charge is 2.21. The van der Waals surface area contributed by atoms with Gasteiger partial charge in [-0.25, -0.2) is 14.5 Å². The average molecular weight is 374 g/mol. The molecular weight excluding hydrogens is 352 g/mol. The van der Waals surface area contributed by atoms with E-state index in [0.29, 0.717) is 12.4 Å². The average Bonchev–Trinajstić information content (AvgIpc) is 2.66. The maximum absolute atomic E-state index is 12.0. The second-order valence-corrected chi connectivity index (χ2v) is 4.64. The molecule has 0 fully saturated rings. The van der Waals surface area contributed by atoms with Gasteiger partial charge in [0.25, 0.3) is 0 Å². The molecule has 0 spiro atoms. The molecule has 10 heteroatoms. The van der Waals surface area contributed by atoms with Crippen molar-refractivity contribution < 1.29 is 48.1 Å². The maximum atomic E-state index is 12.0. The van der Waals surface area contributed by atoms with Crippen LogP contribution in [-0.4, -0.2) is 53.3 Å². The van der Waals surface area contributed by atoms with Gasteiger partial charge in [-0.3, -0.25) is 4.89 Å². The molecule has 0 atom stereocenters. The van der Waals surface area contributed by atoms with E-state index < -0.39 is 12.1 Å². The summed E-state index contributed by atoms with van der Waals surface area (Å²) in [4.78, 5) is 31.8. The van der Waals surface area contributed by atoms with Gasteiger partial charge in [0.2, 0.25) is 0 Å². The summed E-state index contributed by atoms with van der Waals surface area (Å²) in [5.74, 6) is -0.214. The predicted molar refractivity (Wildman–Crippen MR) is 86.1 cm³/mol. The summed E-state index contributed by atoms with van der Waals surface area (Å²) in [5, 5.41) is 4.13. The number of hydrogen-bond donors (Lipinski definition) is 0. The zero-order valence-corrected chi connectivity index (χ0v) is 15.1. The van der Waals surface area contributed by atoms with Crippen molar-refractivity contribution >= 4 is 12.1 Å². The Morgan fingerprint density at radius 1 is 0.846 bits per heavy atom. The summed E-state index contributed by atoms with van der Waals surface area (Å²) < 4.78 is 25.0. The van der Waals surface area contributed by atoms with E-state index in [1.165, 1.54) is 33.5 Å². The van der Waals surface area contributed by atoms with E-state index in [4.69, 9.17) is 18.9 Å². The first-order valence-corrected chi connectivity index (χ1v) is 7.67. The van der Waals surface area contributed by atoms with Gasteiger partial charge >= 0.3 is 12.1 Å². The van der Waals surface area contributed by atoms with Crippen LogP contribution >= 0.6 is 0 Å². The van der Waals surface area contributed by atoms with Crippen LogP contribution in [0.3, 0.4) is 0 Å². The minimum absolute atomic E-state index is 0.0281. The minimum Gasteiger partial charge on any atom is -0.496 e. The van der Waals surface area contributed by atoms with Gasteiger partial charge in [-0.15, -0.1) is 0 Å². The van der Waals surface area contributed by atoms with Crippen LogP contribution in [0.2, 0.25) is 0 Å². The van der Waals surface area contributed by atoms with Crippen molar-refractivity contribution in [2.75, 3.05) is 41.2 Å². The number of methoxy groups -OCH3 is 3. The van der Waals surface area contributed by atoms with Crippen LogP contribution in [0.1, 0.15) is 23.7 Å². The van der Waals surface area contributed by atoms with Gasteiger partial charge < -0.3 is 23.7 Å². The van der Waals surface area contributed by atoms with Crippen LogP contribution in [-0.2, 0) is 24.3 Å². The predicted octanol–water partition coefficient (Wildman–Crippen LogP) is 2.30. The lowest BCUT2D eigenvalue weighted by Crippen LogP contribution is -2.15. The Hall–Kier alpha value is -2.72. The molecule has 0 unspecified atom stereocenters. The van der Waals surface area contributed by atoms with Gasteiger partial charge in [-0.1, -0.05) is 6.92 Å². The molecule has 146 valence electrons. The molecule has 0 heterocycles. The lowest BCUT2D eigenvalue weighted by Gasteiger charge is -2.12. The standard InChI is InChI=1S/C16H22O10/c1-5-6-22-7-8-23-16(18)25-26-24-15(17)11-9-13(20-3)14(21-4)10-12(11)19-2/h9-10H,5-8H2,1-4H3. The Bertz CT molecular complexity index is 587. The quantitative estimate of drug-likeness (QED) is 0.248. The van der Waals surface area contributed by atoms with Crippen molar-refractivity contribution in [3.05, 3.63) is 17.7 Å². The third kappa shape index (κ3) is 6.65. The van der Waals surface area contributed by atoms with Gasteiger partial charge in [0, 0.05) is 18.7 Å². The van der Waals surface area contributed by atoms with Gasteiger partial charge in [0.15, 0.2) is 11.5 Å². The van der Waals surface area contributed by atoms with E-state index in [1.807, 2.05) is 6.92 Å². The lowest BCUT2D eigenvalue weighted by molar-refractivity contribution is -0.452. The molecule has 0 aliphatic carbocycles. The van der Waals surface area contributed by atoms with E-state index in [-0.39, 0.29) is 30.3 Å². The van der Waals surface area contributed by atoms with Crippen LogP contribution in [0.5, 0.6) is 17.2 Å². The van der Waals surface area contributed by atoms with Crippen molar-refractivity contribution in [3.63, 3.8) is 0 Å². The smallest absolute Gasteiger partial charge is 0.496 e. The van der Waals surface area contributed by atoms with E-state index in [9.17, 15) is 9.59 Å². The molecular formula is C16H22O10. The molecule has 0 radical (unpaired) electrons. The topological polar surface area (TPSA) is 108 Å². The van der Waals surface area contributed by atoms with Crippen LogP contribution < -0.4 is 14.2 Å². The summed E-state index contributed by atoms with van der Waals surface area (Å²) in [6, 6.07) is 2.76. The van der Waals surface area contributed by atoms with Gasteiger partial charge in [-0.05, 0) is 6.42 Å². The Morgan fingerprint density at radius 3 is 2.12 bits per heavy atom. The van der Waals surface area contributed by atoms with Gasteiger partial charge in [-0.2, -0.15) is 0 Å². The van der Waals surface area contributed by atoms with E-state index >= 15 is 0 Å². The Kier molecular flexibility index (Phi) is 9.65. The summed E-state index contributed by atoms with van der Waals surface area (Å²) in [5.41, 5.74) is -0.0323. The second-order valence-electron chi connectivity index (χ2n) is 4.64. The lowest BCUT2D eigenvalue weighted by atomic mass is 10.1. The zero-order valence-electron chi connectivity index (χ0n) is 15.1. The summed E-state index contributed by atoms with van der Waals surface area (Å²) in [6.45, 7) is 2.69. The second kappa shape index (κ2) is 11.8. The summed E-state index contributed by atoms with van der Waals surface area (Å²) in [7, 11) is 4.19. The molecule has 10 nitrogen and oxygen atoms in total. The van der Waals surface area contributed by atoms with Crippen molar-refractivity contribution in [2.45, 2.75) is 13.3 Å². The third-order valence-corrected chi connectivity index (χ3v) is 2.93. The van der Waals surface area contributed by atoms with Crippen molar-refractivity contribution in [1.82, 2.24) is 0 Å². The van der Waals surface area contributed by atoms with Crippen molar-refractivity contribution in [2.24, 2.45) is 0 Å². The molecule has 0 bridgehead atoms. The van der Waals surface area contributed by atoms with E-state index in [0.717, 1.165) is 6.42 Å². The Morgan fingerprint density at radius 2 is 1.50 bits per heavy atom. The fraction of sp³-hybridized carbons (Fsp3) is 0.500. The molecule has 1 aromatic carbocycles. The molecule has 0 aliphatic rings. The number of ether oxygens (including phenoxy) is 5. The first kappa shape index (κ1) is 21.3. The number of hydrogen-bond acceptors (Lipinski definition) is 10. The molecule has 1 rings (SSSR count). The molecule has 1 aromatic rings.